The highest BCUT2D eigenvalue weighted by atomic mass is 16.5. The lowest BCUT2D eigenvalue weighted by Crippen LogP contribution is -2.54. The number of rotatable bonds is 4. The van der Waals surface area contributed by atoms with Crippen LogP contribution < -0.4 is 15.4 Å². The van der Waals surface area contributed by atoms with Crippen LogP contribution in [0.1, 0.15) is 36.2 Å². The van der Waals surface area contributed by atoms with Crippen LogP contribution in [0.5, 0.6) is 5.75 Å². The fourth-order valence-corrected chi connectivity index (χ4v) is 3.07. The van der Waals surface area contributed by atoms with Crippen molar-refractivity contribution in [1.82, 2.24) is 15.5 Å². The summed E-state index contributed by atoms with van der Waals surface area (Å²) in [5, 5.41) is 4.81. The average molecular weight is 367 g/mol. The summed E-state index contributed by atoms with van der Waals surface area (Å²) in [6.07, 6.45) is 2.39. The highest BCUT2D eigenvalue weighted by Crippen LogP contribution is 2.28. The number of hydrogen-bond donors (Lipinski definition) is 2. The van der Waals surface area contributed by atoms with Crippen molar-refractivity contribution in [3.63, 3.8) is 0 Å². The standard InChI is InChI=1S/C20H21N3O4/c1-13(2)6-4-5-9-20(18(25)21-19(26)22-20)12-23-11-14-7-8-15(27-3)10-16(14)17(23)24/h6-8,10H,4,11-12H2,1-3H3,(H2,21,22,25,26)/t20-/m1/s1. The maximum Gasteiger partial charge on any atom is 0.323 e. The summed E-state index contributed by atoms with van der Waals surface area (Å²) in [7, 11) is 1.54. The van der Waals surface area contributed by atoms with E-state index in [4.69, 9.17) is 4.74 Å². The number of urea groups is 1. The number of nitrogens with one attached hydrogen (secondary N) is 2. The minimum absolute atomic E-state index is 0.0256. The molecule has 7 heteroatoms. The maximum absolute atomic E-state index is 12.8. The molecule has 0 radical (unpaired) electrons. The quantitative estimate of drug-likeness (QED) is 0.481. The van der Waals surface area contributed by atoms with Gasteiger partial charge in [0.05, 0.1) is 13.7 Å². The molecular formula is C20H21N3O4. The van der Waals surface area contributed by atoms with Gasteiger partial charge in [-0.25, -0.2) is 4.79 Å². The Kier molecular flexibility index (Phi) is 4.91. The van der Waals surface area contributed by atoms with E-state index in [1.807, 2.05) is 26.0 Å². The molecule has 1 aromatic rings. The van der Waals surface area contributed by atoms with Crippen molar-refractivity contribution in [2.24, 2.45) is 0 Å². The van der Waals surface area contributed by atoms with E-state index in [9.17, 15) is 14.4 Å². The van der Waals surface area contributed by atoms with E-state index in [1.165, 1.54) is 12.0 Å². The molecule has 1 fully saturated rings. The summed E-state index contributed by atoms with van der Waals surface area (Å²) in [6, 6.07) is 4.68. The van der Waals surface area contributed by atoms with Crippen LogP contribution in [0.25, 0.3) is 0 Å². The molecule has 7 nitrogen and oxygen atoms in total. The number of fused-ring (bicyclic) bond motifs is 1. The summed E-state index contributed by atoms with van der Waals surface area (Å²) in [5.74, 6) is 5.62. The Hall–Kier alpha value is -3.27. The third-order valence-electron chi connectivity index (χ3n) is 4.48. The second-order valence-corrected chi connectivity index (χ2v) is 6.79. The van der Waals surface area contributed by atoms with Gasteiger partial charge >= 0.3 is 6.03 Å². The zero-order chi connectivity index (χ0) is 19.6. The van der Waals surface area contributed by atoms with Crippen LogP contribution >= 0.6 is 0 Å². The highest BCUT2D eigenvalue weighted by molar-refractivity contribution is 6.10. The number of hydrogen-bond acceptors (Lipinski definition) is 4. The molecular weight excluding hydrogens is 346 g/mol. The molecule has 3 rings (SSSR count). The lowest BCUT2D eigenvalue weighted by Gasteiger charge is -2.26. The number of nitrogens with zero attached hydrogens (tertiary/aromatic N) is 1. The number of carbonyl (C=O) groups excluding carboxylic acids is 3. The van der Waals surface area contributed by atoms with E-state index in [-0.39, 0.29) is 12.5 Å². The van der Waals surface area contributed by atoms with Crippen LogP contribution in [0.4, 0.5) is 4.79 Å². The molecule has 0 saturated carbocycles. The first-order chi connectivity index (χ1) is 12.8. The molecule has 2 heterocycles. The smallest absolute Gasteiger partial charge is 0.323 e. The Morgan fingerprint density at radius 2 is 2.11 bits per heavy atom. The van der Waals surface area contributed by atoms with Crippen LogP contribution in [0.2, 0.25) is 0 Å². The van der Waals surface area contributed by atoms with Gasteiger partial charge in [0.2, 0.25) is 0 Å². The molecule has 1 aromatic carbocycles. The Morgan fingerprint density at radius 1 is 1.33 bits per heavy atom. The monoisotopic (exact) mass is 367 g/mol. The minimum atomic E-state index is -1.45. The van der Waals surface area contributed by atoms with Gasteiger partial charge < -0.3 is 15.0 Å². The SMILES string of the molecule is COc1ccc2c(c1)C(=O)N(C[C@@]1(C#CCC=C(C)C)NC(=O)NC1=O)C2. The molecule has 2 aliphatic heterocycles. The molecule has 1 atom stereocenters. The Bertz CT molecular complexity index is 906. The summed E-state index contributed by atoms with van der Waals surface area (Å²) < 4.78 is 5.17. The van der Waals surface area contributed by atoms with Gasteiger partial charge in [-0.3, -0.25) is 14.9 Å². The fraction of sp³-hybridized carbons (Fsp3) is 0.350. The number of amides is 4. The van der Waals surface area contributed by atoms with Gasteiger partial charge in [-0.1, -0.05) is 29.6 Å². The van der Waals surface area contributed by atoms with E-state index in [2.05, 4.69) is 22.5 Å². The van der Waals surface area contributed by atoms with Gasteiger partial charge in [-0.15, -0.1) is 0 Å². The van der Waals surface area contributed by atoms with Gasteiger partial charge in [0, 0.05) is 18.5 Å². The number of benzene rings is 1. The summed E-state index contributed by atoms with van der Waals surface area (Å²) in [5.41, 5.74) is 1.04. The lowest BCUT2D eigenvalue weighted by atomic mass is 9.99. The van der Waals surface area contributed by atoms with Gasteiger partial charge in [0.15, 0.2) is 5.54 Å². The third kappa shape index (κ3) is 3.65. The van der Waals surface area contributed by atoms with Crippen LogP contribution in [0.3, 0.4) is 0 Å². The predicted molar refractivity (Wildman–Crippen MR) is 99.0 cm³/mol. The first-order valence-electron chi connectivity index (χ1n) is 8.58. The second kappa shape index (κ2) is 7.16. The first-order valence-corrected chi connectivity index (χ1v) is 8.58. The number of imide groups is 1. The first kappa shape index (κ1) is 18.5. The van der Waals surface area contributed by atoms with Crippen molar-refractivity contribution in [3.05, 3.63) is 41.0 Å². The van der Waals surface area contributed by atoms with Gasteiger partial charge in [0.25, 0.3) is 11.8 Å². The lowest BCUT2D eigenvalue weighted by molar-refractivity contribution is -0.122. The molecule has 2 N–H and O–H groups in total. The van der Waals surface area contributed by atoms with E-state index >= 15 is 0 Å². The van der Waals surface area contributed by atoms with Crippen LogP contribution in [-0.2, 0) is 11.3 Å². The number of carbonyl (C=O) groups is 3. The van der Waals surface area contributed by atoms with Crippen molar-refractivity contribution in [1.29, 1.82) is 0 Å². The number of ether oxygens (including phenoxy) is 1. The van der Waals surface area contributed by atoms with Crippen LogP contribution in [0.15, 0.2) is 29.8 Å². The molecule has 0 aliphatic carbocycles. The molecule has 27 heavy (non-hydrogen) atoms. The van der Waals surface area contributed by atoms with Crippen LogP contribution in [0, 0.1) is 11.8 Å². The maximum atomic E-state index is 12.8. The van der Waals surface area contributed by atoms with Crippen molar-refractivity contribution in [3.8, 4) is 17.6 Å². The molecule has 4 amide bonds. The Labute approximate surface area is 157 Å². The highest BCUT2D eigenvalue weighted by Gasteiger charge is 2.48. The van der Waals surface area contributed by atoms with Crippen molar-refractivity contribution >= 4 is 17.8 Å². The molecule has 0 spiro atoms. The summed E-state index contributed by atoms with van der Waals surface area (Å²) in [6.45, 7) is 4.23. The normalized spacial score (nSPS) is 20.4. The molecule has 0 unspecified atom stereocenters. The second-order valence-electron chi connectivity index (χ2n) is 6.79. The van der Waals surface area contributed by atoms with Crippen molar-refractivity contribution < 1.29 is 19.1 Å². The Balaban J connectivity index is 1.85. The summed E-state index contributed by atoms with van der Waals surface area (Å²) in [4.78, 5) is 38.4. The van der Waals surface area contributed by atoms with Crippen molar-refractivity contribution in [2.45, 2.75) is 32.4 Å². The molecule has 0 bridgehead atoms. The zero-order valence-corrected chi connectivity index (χ0v) is 15.5. The summed E-state index contributed by atoms with van der Waals surface area (Å²) >= 11 is 0. The third-order valence-corrected chi connectivity index (χ3v) is 4.48. The van der Waals surface area contributed by atoms with Crippen LogP contribution in [-0.4, -0.2) is 41.9 Å². The number of methoxy groups -OCH3 is 1. The topological polar surface area (TPSA) is 87.7 Å². The zero-order valence-electron chi connectivity index (χ0n) is 15.5. The van der Waals surface area contributed by atoms with E-state index < -0.39 is 17.5 Å². The van der Waals surface area contributed by atoms with Crippen molar-refractivity contribution in [2.75, 3.05) is 13.7 Å². The van der Waals surface area contributed by atoms with E-state index in [0.717, 1.165) is 11.1 Å². The van der Waals surface area contributed by atoms with E-state index in [0.29, 0.717) is 24.3 Å². The fourth-order valence-electron chi connectivity index (χ4n) is 3.07. The molecule has 2 aliphatic rings. The van der Waals surface area contributed by atoms with Gasteiger partial charge in [-0.2, -0.15) is 0 Å². The minimum Gasteiger partial charge on any atom is -0.497 e. The largest absolute Gasteiger partial charge is 0.497 e. The predicted octanol–water partition coefficient (Wildman–Crippen LogP) is 1.59. The molecule has 1 saturated heterocycles. The Morgan fingerprint density at radius 3 is 2.74 bits per heavy atom. The average Bonchev–Trinajstić information content (AvgIpc) is 3.08. The van der Waals surface area contributed by atoms with Gasteiger partial charge in [-0.05, 0) is 31.5 Å². The molecule has 0 aromatic heterocycles. The van der Waals surface area contributed by atoms with Gasteiger partial charge in [0.1, 0.15) is 5.75 Å². The van der Waals surface area contributed by atoms with E-state index in [1.54, 1.807) is 12.1 Å². The number of allylic oxidation sites excluding steroid dienone is 2. The molecule has 140 valence electrons.